The van der Waals surface area contributed by atoms with Crippen LogP contribution in [-0.2, 0) is 14.3 Å². The number of hydrogen-bond acceptors (Lipinski definition) is 6. The normalized spacial score (nSPS) is 12.9. The molecule has 2 unspecified atom stereocenters. The number of carbonyl (C=O) groups excluding carboxylic acids is 3. The Balaban J connectivity index is 3.39. The summed E-state index contributed by atoms with van der Waals surface area (Å²) in [6.07, 6.45) is 6.86. The molecule has 0 saturated carbocycles. The van der Waals surface area contributed by atoms with Gasteiger partial charge in [0.05, 0.1) is 0 Å². The van der Waals surface area contributed by atoms with Gasteiger partial charge in [-0.15, -0.1) is 0 Å². The highest BCUT2D eigenvalue weighted by Crippen LogP contribution is 2.32. The highest BCUT2D eigenvalue weighted by atomic mass is 32.1. The number of benzene rings is 1. The molecule has 1 aromatic carbocycles. The maximum atomic E-state index is 13.9. The molecule has 0 aromatic heterocycles. The van der Waals surface area contributed by atoms with Gasteiger partial charge in [-0.3, -0.25) is 9.59 Å². The van der Waals surface area contributed by atoms with Crippen LogP contribution >= 0.6 is 12.6 Å². The van der Waals surface area contributed by atoms with Gasteiger partial charge < -0.3 is 25.4 Å². The van der Waals surface area contributed by atoms with Gasteiger partial charge in [0.1, 0.15) is 23.4 Å². The van der Waals surface area contributed by atoms with Crippen LogP contribution in [0.5, 0.6) is 5.75 Å². The Morgan fingerprint density at radius 1 is 1.03 bits per heavy atom. The fourth-order valence-electron chi connectivity index (χ4n) is 4.12. The van der Waals surface area contributed by atoms with Crippen LogP contribution in [-0.4, -0.2) is 58.4 Å². The molecule has 9 heteroatoms. The highest BCUT2D eigenvalue weighted by Gasteiger charge is 2.37. The molecule has 0 aliphatic carbocycles. The lowest BCUT2D eigenvalue weighted by Gasteiger charge is -2.34. The number of aromatic hydroxyl groups is 1. The number of nitrogens with one attached hydrogen (secondary N) is 2. The molecule has 8 nitrogen and oxygen atoms in total. The van der Waals surface area contributed by atoms with E-state index in [2.05, 4.69) is 37.1 Å². The number of rotatable bonds is 16. The molecule has 1 aromatic rings. The number of ether oxygens (including phenoxy) is 1. The molecule has 38 heavy (non-hydrogen) atoms. The Morgan fingerprint density at radius 2 is 1.66 bits per heavy atom. The van der Waals surface area contributed by atoms with Crippen LogP contribution in [0.1, 0.15) is 103 Å². The molecule has 0 bridgehead atoms. The summed E-state index contributed by atoms with van der Waals surface area (Å²) in [7, 11) is 0. The first-order chi connectivity index (χ1) is 18.0. The zero-order chi connectivity index (χ0) is 28.7. The summed E-state index contributed by atoms with van der Waals surface area (Å²) < 4.78 is 5.35. The zero-order valence-electron chi connectivity index (χ0n) is 24.1. The number of alkyl carbamates (subject to hydrolysis) is 1. The Kier molecular flexibility index (Phi) is 15.2. The second-order valence-electron chi connectivity index (χ2n) is 10.7. The topological polar surface area (TPSA) is 108 Å². The minimum absolute atomic E-state index is 0.0208. The Morgan fingerprint density at radius 3 is 2.26 bits per heavy atom. The van der Waals surface area contributed by atoms with Crippen molar-refractivity contribution in [3.63, 3.8) is 0 Å². The zero-order valence-corrected chi connectivity index (χ0v) is 25.0. The Bertz CT molecular complexity index is 887. The summed E-state index contributed by atoms with van der Waals surface area (Å²) in [6.45, 7) is 12.0. The van der Waals surface area contributed by atoms with E-state index in [1.807, 2.05) is 0 Å². The molecule has 0 saturated heterocycles. The van der Waals surface area contributed by atoms with Crippen LogP contribution in [0.4, 0.5) is 4.79 Å². The van der Waals surface area contributed by atoms with Crippen molar-refractivity contribution in [1.82, 2.24) is 15.5 Å². The van der Waals surface area contributed by atoms with E-state index in [1.165, 1.54) is 4.90 Å². The van der Waals surface area contributed by atoms with E-state index in [1.54, 1.807) is 45.9 Å². The average molecular weight is 552 g/mol. The first kappa shape index (κ1) is 33.6. The van der Waals surface area contributed by atoms with Gasteiger partial charge in [0.15, 0.2) is 0 Å². The molecule has 0 spiro atoms. The number of aryl methyl sites for hydroxylation is 1. The molecule has 0 aliphatic heterocycles. The molecule has 1 rings (SSSR count). The number of thiol groups is 1. The Hall–Kier alpha value is -2.42. The van der Waals surface area contributed by atoms with Crippen LogP contribution in [0.3, 0.4) is 0 Å². The monoisotopic (exact) mass is 551 g/mol. The predicted molar refractivity (Wildman–Crippen MR) is 156 cm³/mol. The molecule has 0 heterocycles. The van der Waals surface area contributed by atoms with E-state index in [0.29, 0.717) is 30.6 Å². The molecular weight excluding hydrogens is 502 g/mol. The van der Waals surface area contributed by atoms with Crippen LogP contribution in [0.25, 0.3) is 0 Å². The molecule has 3 amide bonds. The van der Waals surface area contributed by atoms with E-state index in [0.717, 1.165) is 44.9 Å². The fourth-order valence-corrected chi connectivity index (χ4v) is 4.37. The second kappa shape index (κ2) is 17.2. The van der Waals surface area contributed by atoms with Crippen molar-refractivity contribution < 1.29 is 24.2 Å². The van der Waals surface area contributed by atoms with Gasteiger partial charge in [0.25, 0.3) is 0 Å². The quantitative estimate of drug-likeness (QED) is 0.156. The van der Waals surface area contributed by atoms with Crippen molar-refractivity contribution in [2.45, 2.75) is 111 Å². The summed E-state index contributed by atoms with van der Waals surface area (Å²) in [5.41, 5.74) is 0.232. The maximum Gasteiger partial charge on any atom is 0.408 e. The predicted octanol–water partition coefficient (Wildman–Crippen LogP) is 5.67. The van der Waals surface area contributed by atoms with Gasteiger partial charge >= 0.3 is 6.09 Å². The number of nitrogens with zero attached hydrogens (tertiary/aromatic N) is 1. The van der Waals surface area contributed by atoms with Gasteiger partial charge in [-0.2, -0.15) is 12.6 Å². The molecule has 216 valence electrons. The summed E-state index contributed by atoms with van der Waals surface area (Å²) in [5, 5.41) is 16.5. The standard InChI is InChI=1S/C29H49N3O5S/c1-7-9-11-12-14-19-32(27(35)23(20-38)31-28(36)37-29(4,5)6)24(26(34)30-18-13-10-8-2)22-17-15-16-21(3)25(22)33/h15-17,23-24,33,38H,7-14,18-20H2,1-6H3,(H,30,34)(H,31,36). The minimum atomic E-state index is -1.06. The Labute approximate surface area is 234 Å². The lowest BCUT2D eigenvalue weighted by atomic mass is 9.98. The average Bonchev–Trinajstić information content (AvgIpc) is 2.85. The third-order valence-electron chi connectivity index (χ3n) is 6.16. The van der Waals surface area contributed by atoms with Crippen LogP contribution < -0.4 is 10.6 Å². The van der Waals surface area contributed by atoms with Crippen molar-refractivity contribution in [2.75, 3.05) is 18.8 Å². The SMILES string of the molecule is CCCCCCCN(C(=O)C(CS)NC(=O)OC(C)(C)C)C(C(=O)NCCCCC)c1cccc(C)c1O. The summed E-state index contributed by atoms with van der Waals surface area (Å²) in [6, 6.07) is 3.13. The van der Waals surface area contributed by atoms with Crippen LogP contribution in [0.2, 0.25) is 0 Å². The first-order valence-electron chi connectivity index (χ1n) is 13.9. The number of phenolic OH excluding ortho intramolecular Hbond substituents is 1. The van der Waals surface area contributed by atoms with Gasteiger partial charge in [0.2, 0.25) is 11.8 Å². The molecule has 3 N–H and O–H groups in total. The number of para-hydroxylation sites is 1. The van der Waals surface area contributed by atoms with Gasteiger partial charge in [0, 0.05) is 24.4 Å². The van der Waals surface area contributed by atoms with Gasteiger partial charge in [-0.1, -0.05) is 70.6 Å². The molecular formula is C29H49N3O5S. The van der Waals surface area contributed by atoms with Crippen molar-refractivity contribution in [3.8, 4) is 5.75 Å². The van der Waals surface area contributed by atoms with E-state index in [4.69, 9.17) is 4.74 Å². The van der Waals surface area contributed by atoms with E-state index >= 15 is 0 Å². The summed E-state index contributed by atoms with van der Waals surface area (Å²) in [5.74, 6) is -0.808. The van der Waals surface area contributed by atoms with Crippen molar-refractivity contribution in [3.05, 3.63) is 29.3 Å². The minimum Gasteiger partial charge on any atom is -0.507 e. The van der Waals surface area contributed by atoms with Crippen molar-refractivity contribution in [1.29, 1.82) is 0 Å². The fraction of sp³-hybridized carbons (Fsp3) is 0.690. The lowest BCUT2D eigenvalue weighted by molar-refractivity contribution is -0.142. The number of amides is 3. The third kappa shape index (κ3) is 11.5. The van der Waals surface area contributed by atoms with Gasteiger partial charge in [-0.05, 0) is 46.1 Å². The number of hydrogen-bond donors (Lipinski definition) is 4. The van der Waals surface area contributed by atoms with E-state index in [9.17, 15) is 19.5 Å². The van der Waals surface area contributed by atoms with Crippen molar-refractivity contribution >= 4 is 30.5 Å². The summed E-state index contributed by atoms with van der Waals surface area (Å²) >= 11 is 4.33. The largest absolute Gasteiger partial charge is 0.507 e. The van der Waals surface area contributed by atoms with Gasteiger partial charge in [-0.25, -0.2) is 4.79 Å². The van der Waals surface area contributed by atoms with Crippen molar-refractivity contribution in [2.24, 2.45) is 0 Å². The summed E-state index contributed by atoms with van der Waals surface area (Å²) in [4.78, 5) is 41.5. The van der Waals surface area contributed by atoms with Crippen LogP contribution in [0.15, 0.2) is 18.2 Å². The number of phenols is 1. The molecule has 2 atom stereocenters. The third-order valence-corrected chi connectivity index (χ3v) is 6.53. The molecule has 0 aliphatic rings. The van der Waals surface area contributed by atoms with E-state index < -0.39 is 29.7 Å². The number of carbonyl (C=O) groups is 3. The first-order valence-corrected chi connectivity index (χ1v) is 14.6. The maximum absolute atomic E-state index is 13.9. The van der Waals surface area contributed by atoms with Crippen LogP contribution in [0, 0.1) is 6.92 Å². The lowest BCUT2D eigenvalue weighted by Crippen LogP contribution is -2.54. The second-order valence-corrected chi connectivity index (χ2v) is 11.1. The number of unbranched alkanes of at least 4 members (excludes halogenated alkanes) is 6. The molecule has 0 fully saturated rings. The smallest absolute Gasteiger partial charge is 0.408 e. The van der Waals surface area contributed by atoms with E-state index in [-0.39, 0.29) is 17.4 Å². The highest BCUT2D eigenvalue weighted by molar-refractivity contribution is 7.80. The molecule has 0 radical (unpaired) electrons.